The molecule has 0 amide bonds. The molecule has 0 spiro atoms. The minimum atomic E-state index is -3.79. The van der Waals surface area contributed by atoms with Crippen molar-refractivity contribution in [3.05, 3.63) is 53.1 Å². The first-order valence-corrected chi connectivity index (χ1v) is 14.3. The summed E-state index contributed by atoms with van der Waals surface area (Å²) in [7, 11) is 1.58. The van der Waals surface area contributed by atoms with E-state index in [1.165, 1.54) is 31.4 Å². The highest BCUT2D eigenvalue weighted by molar-refractivity contribution is 5.92. The first kappa shape index (κ1) is 29.4. The van der Waals surface area contributed by atoms with Gasteiger partial charge in [0.1, 0.15) is 29.7 Å². The summed E-state index contributed by atoms with van der Waals surface area (Å²) in [5.41, 5.74) is -2.66. The number of hydrogen-bond acceptors (Lipinski definition) is 7. The number of nitrogens with zero attached hydrogens (tertiary/aromatic N) is 3. The lowest BCUT2D eigenvalue weighted by molar-refractivity contribution is -0.170. The Hall–Kier alpha value is -3.11. The number of methoxy groups -OCH3 is 1. The molecule has 2 heterocycles. The Morgan fingerprint density at radius 3 is 2.54 bits per heavy atom. The van der Waals surface area contributed by atoms with Crippen molar-refractivity contribution in [3.8, 4) is 11.5 Å². The topological polar surface area (TPSA) is 79.7 Å². The van der Waals surface area contributed by atoms with E-state index in [1.54, 1.807) is 27.0 Å². The first-order valence-electron chi connectivity index (χ1n) is 14.3. The number of anilines is 1. The molecule has 41 heavy (non-hydrogen) atoms. The summed E-state index contributed by atoms with van der Waals surface area (Å²) in [6.07, 6.45) is 6.04. The molecule has 1 aliphatic heterocycles. The smallest absolute Gasteiger partial charge is 0.303 e. The van der Waals surface area contributed by atoms with E-state index in [1.807, 2.05) is 6.07 Å². The summed E-state index contributed by atoms with van der Waals surface area (Å²) in [4.78, 5) is 11.7. The number of likely N-dealkylation sites (tertiary alicyclic amines) is 1. The second-order valence-electron chi connectivity index (χ2n) is 11.8. The number of hydrogen-bond donors (Lipinski definition) is 2. The molecule has 0 radical (unpaired) electrons. The molecule has 1 aliphatic carbocycles. The summed E-state index contributed by atoms with van der Waals surface area (Å²) in [5.74, 6) is -2.86. The van der Waals surface area contributed by atoms with Crippen LogP contribution in [0.25, 0.3) is 10.9 Å². The number of aliphatic hydroxyl groups is 1. The molecule has 7 nitrogen and oxygen atoms in total. The number of halogens is 3. The SMILES string of the molecule is COc1cc2nc(C)nc(N[C@H](C)c3cccc(C(F)(F)C(C)(C)O)c3F)c2cc1OC[C@@H]1CCCN1C1CCC1. The van der Waals surface area contributed by atoms with E-state index in [9.17, 15) is 13.9 Å². The quantitative estimate of drug-likeness (QED) is 0.286. The highest BCUT2D eigenvalue weighted by Crippen LogP contribution is 2.42. The fourth-order valence-corrected chi connectivity index (χ4v) is 5.80. The monoisotopic (exact) mass is 572 g/mol. The molecule has 2 fully saturated rings. The zero-order valence-electron chi connectivity index (χ0n) is 24.3. The standard InChI is InChI=1S/C31H39F3N4O3/c1-18(22-12-7-13-24(28(22)32)31(33,34)30(3,4)39)35-29-23-15-27(26(40-5)16-25(23)36-19(2)37-29)41-17-21-11-8-14-38(21)20-9-6-10-20/h7,12-13,15-16,18,20-21,39H,6,8-11,14,17H2,1-5H3,(H,35,36,37)/t18-,21+/m1/s1. The van der Waals surface area contributed by atoms with Gasteiger partial charge in [-0.2, -0.15) is 8.78 Å². The minimum Gasteiger partial charge on any atom is -0.493 e. The number of benzene rings is 2. The van der Waals surface area contributed by atoms with Crippen LogP contribution in [-0.2, 0) is 5.92 Å². The average Bonchev–Trinajstić information content (AvgIpc) is 3.32. The van der Waals surface area contributed by atoms with Crippen molar-refractivity contribution in [2.75, 3.05) is 25.6 Å². The molecule has 1 aromatic heterocycles. The van der Waals surface area contributed by atoms with Crippen LogP contribution in [0.3, 0.4) is 0 Å². The number of alkyl halides is 2. The Labute approximate surface area is 239 Å². The highest BCUT2D eigenvalue weighted by Gasteiger charge is 2.49. The zero-order chi connectivity index (χ0) is 29.5. The molecule has 0 bridgehead atoms. The minimum absolute atomic E-state index is 0.0261. The van der Waals surface area contributed by atoms with Gasteiger partial charge in [0.05, 0.1) is 24.2 Å². The van der Waals surface area contributed by atoms with Gasteiger partial charge in [0.25, 0.3) is 0 Å². The van der Waals surface area contributed by atoms with Crippen LogP contribution in [-0.4, -0.2) is 57.9 Å². The Bertz CT molecular complexity index is 1410. The molecule has 1 saturated carbocycles. The van der Waals surface area contributed by atoms with Gasteiger partial charge in [0.2, 0.25) is 0 Å². The highest BCUT2D eigenvalue weighted by atomic mass is 19.3. The number of rotatable bonds is 10. The Balaban J connectivity index is 1.44. The van der Waals surface area contributed by atoms with Gasteiger partial charge in [-0.15, -0.1) is 0 Å². The largest absolute Gasteiger partial charge is 0.493 e. The zero-order valence-corrected chi connectivity index (χ0v) is 24.3. The van der Waals surface area contributed by atoms with Crippen molar-refractivity contribution in [1.82, 2.24) is 14.9 Å². The predicted octanol–water partition coefficient (Wildman–Crippen LogP) is 6.52. The average molecular weight is 573 g/mol. The lowest BCUT2D eigenvalue weighted by Crippen LogP contribution is -2.45. The van der Waals surface area contributed by atoms with Crippen LogP contribution in [0.5, 0.6) is 11.5 Å². The lowest BCUT2D eigenvalue weighted by Gasteiger charge is -2.38. The fraction of sp³-hybridized carbons (Fsp3) is 0.548. The van der Waals surface area contributed by atoms with Crippen molar-refractivity contribution >= 4 is 16.7 Å². The van der Waals surface area contributed by atoms with E-state index in [4.69, 9.17) is 9.47 Å². The number of fused-ring (bicyclic) bond motifs is 1. The maximum Gasteiger partial charge on any atom is 0.303 e. The van der Waals surface area contributed by atoms with Crippen LogP contribution < -0.4 is 14.8 Å². The van der Waals surface area contributed by atoms with E-state index in [2.05, 4.69) is 20.2 Å². The normalized spacial score (nSPS) is 19.3. The van der Waals surface area contributed by atoms with Gasteiger partial charge in [-0.3, -0.25) is 4.90 Å². The van der Waals surface area contributed by atoms with Gasteiger partial charge in [-0.25, -0.2) is 14.4 Å². The maximum atomic E-state index is 15.5. The molecule has 222 valence electrons. The molecule has 5 rings (SSSR count). The van der Waals surface area contributed by atoms with Crippen molar-refractivity contribution in [1.29, 1.82) is 0 Å². The number of nitrogens with one attached hydrogen (secondary N) is 1. The third kappa shape index (κ3) is 5.68. The third-order valence-corrected chi connectivity index (χ3v) is 8.45. The van der Waals surface area contributed by atoms with Gasteiger partial charge in [0, 0.05) is 29.1 Å². The Morgan fingerprint density at radius 2 is 1.88 bits per heavy atom. The molecular weight excluding hydrogens is 533 g/mol. The summed E-state index contributed by atoms with van der Waals surface area (Å²) in [6, 6.07) is 7.69. The van der Waals surface area contributed by atoms with E-state index >= 15 is 4.39 Å². The van der Waals surface area contributed by atoms with E-state index in [0.717, 1.165) is 39.3 Å². The number of ether oxygens (including phenoxy) is 2. The number of aromatic nitrogens is 2. The van der Waals surface area contributed by atoms with Crippen molar-refractivity contribution in [3.63, 3.8) is 0 Å². The van der Waals surface area contributed by atoms with E-state index in [0.29, 0.717) is 52.7 Å². The molecule has 2 aromatic carbocycles. The van der Waals surface area contributed by atoms with Crippen molar-refractivity contribution in [2.24, 2.45) is 0 Å². The summed E-state index contributed by atoms with van der Waals surface area (Å²) < 4.78 is 57.2. The Kier molecular flexibility index (Phi) is 8.09. The van der Waals surface area contributed by atoms with Crippen LogP contribution in [0, 0.1) is 12.7 Å². The third-order valence-electron chi connectivity index (χ3n) is 8.45. The van der Waals surface area contributed by atoms with Gasteiger partial charge in [0.15, 0.2) is 11.5 Å². The Morgan fingerprint density at radius 1 is 1.12 bits per heavy atom. The van der Waals surface area contributed by atoms with Crippen LogP contribution >= 0.6 is 0 Å². The van der Waals surface area contributed by atoms with Crippen LogP contribution in [0.1, 0.15) is 75.9 Å². The summed E-state index contributed by atoms with van der Waals surface area (Å²) in [5, 5.41) is 13.8. The summed E-state index contributed by atoms with van der Waals surface area (Å²) in [6.45, 7) is 6.98. The number of aryl methyl sites for hydroxylation is 1. The molecule has 2 aliphatic rings. The lowest BCUT2D eigenvalue weighted by atomic mass is 9.91. The van der Waals surface area contributed by atoms with Gasteiger partial charge >= 0.3 is 5.92 Å². The fourth-order valence-electron chi connectivity index (χ4n) is 5.80. The predicted molar refractivity (Wildman–Crippen MR) is 152 cm³/mol. The summed E-state index contributed by atoms with van der Waals surface area (Å²) >= 11 is 0. The van der Waals surface area contributed by atoms with E-state index in [-0.39, 0.29) is 5.56 Å². The molecule has 0 unspecified atom stereocenters. The molecule has 10 heteroatoms. The first-order chi connectivity index (χ1) is 19.4. The van der Waals surface area contributed by atoms with Crippen molar-refractivity contribution in [2.45, 2.75) is 89.4 Å². The molecule has 2 atom stereocenters. The van der Waals surface area contributed by atoms with Crippen LogP contribution in [0.15, 0.2) is 30.3 Å². The van der Waals surface area contributed by atoms with Gasteiger partial charge in [-0.05, 0) is 72.1 Å². The second-order valence-corrected chi connectivity index (χ2v) is 11.8. The molecule has 1 saturated heterocycles. The van der Waals surface area contributed by atoms with Gasteiger partial charge in [-0.1, -0.05) is 18.6 Å². The second kappa shape index (κ2) is 11.3. The molecular formula is C31H39F3N4O3. The van der Waals surface area contributed by atoms with Crippen LogP contribution in [0.2, 0.25) is 0 Å². The molecule has 3 aromatic rings. The molecule has 2 N–H and O–H groups in total. The van der Waals surface area contributed by atoms with E-state index < -0.39 is 28.9 Å². The van der Waals surface area contributed by atoms with Gasteiger partial charge < -0.3 is 19.9 Å². The maximum absolute atomic E-state index is 15.5. The van der Waals surface area contributed by atoms with Crippen LogP contribution in [0.4, 0.5) is 19.0 Å². The van der Waals surface area contributed by atoms with Crippen molar-refractivity contribution < 1.29 is 27.8 Å².